The minimum Gasteiger partial charge on any atom is -0.349 e. The maximum absolute atomic E-state index is 13.6. The molecule has 1 fully saturated rings. The van der Waals surface area contributed by atoms with Gasteiger partial charge in [0.25, 0.3) is 5.91 Å². The van der Waals surface area contributed by atoms with Crippen molar-refractivity contribution in [3.05, 3.63) is 34.1 Å². The van der Waals surface area contributed by atoms with E-state index >= 15 is 0 Å². The molecule has 0 saturated heterocycles. The monoisotopic (exact) mass is 313 g/mol. The van der Waals surface area contributed by atoms with Crippen LogP contribution >= 0.6 is 15.9 Å². The maximum atomic E-state index is 13.6. The summed E-state index contributed by atoms with van der Waals surface area (Å²) in [7, 11) is 0. The third-order valence-corrected chi connectivity index (χ3v) is 4.15. The number of halogens is 2. The molecule has 1 unspecified atom stereocenters. The van der Waals surface area contributed by atoms with E-state index in [9.17, 15) is 9.18 Å². The molecule has 98 valence electrons. The highest BCUT2D eigenvalue weighted by atomic mass is 79.9. The molecule has 1 N–H and O–H groups in total. The first-order valence-corrected chi connectivity index (χ1v) is 6.93. The lowest BCUT2D eigenvalue weighted by Gasteiger charge is -2.18. The van der Waals surface area contributed by atoms with Crippen molar-refractivity contribution in [2.24, 2.45) is 5.41 Å². The van der Waals surface area contributed by atoms with Gasteiger partial charge in [0.15, 0.2) is 0 Å². The van der Waals surface area contributed by atoms with Gasteiger partial charge in [0.05, 0.1) is 5.56 Å². The summed E-state index contributed by atoms with van der Waals surface area (Å²) in [6, 6.07) is 4.71. The molecule has 1 aliphatic carbocycles. The van der Waals surface area contributed by atoms with Crippen LogP contribution in [0.4, 0.5) is 4.39 Å². The van der Waals surface area contributed by atoms with Gasteiger partial charge in [-0.15, -0.1) is 0 Å². The molecule has 0 aliphatic heterocycles. The summed E-state index contributed by atoms with van der Waals surface area (Å²) in [5.74, 6) is -0.818. The Morgan fingerprint density at radius 2 is 2.22 bits per heavy atom. The van der Waals surface area contributed by atoms with Crippen LogP contribution in [0.2, 0.25) is 0 Å². The number of rotatable bonds is 2. The Morgan fingerprint density at radius 3 is 2.78 bits per heavy atom. The molecule has 2 rings (SSSR count). The SMILES string of the molecule is CC1(C)CCC(NC(=O)c2c(F)cccc2Br)C1. The molecule has 0 radical (unpaired) electrons. The minimum atomic E-state index is -0.487. The quantitative estimate of drug-likeness (QED) is 0.881. The van der Waals surface area contributed by atoms with E-state index in [0.717, 1.165) is 19.3 Å². The first kappa shape index (κ1) is 13.5. The zero-order valence-electron chi connectivity index (χ0n) is 10.6. The van der Waals surface area contributed by atoms with Gasteiger partial charge in [-0.05, 0) is 52.7 Å². The summed E-state index contributed by atoms with van der Waals surface area (Å²) >= 11 is 3.22. The Labute approximate surface area is 115 Å². The van der Waals surface area contributed by atoms with E-state index in [1.807, 2.05) is 0 Å². The highest BCUT2D eigenvalue weighted by Gasteiger charge is 2.32. The van der Waals surface area contributed by atoms with Crippen molar-refractivity contribution in [2.45, 2.75) is 39.2 Å². The van der Waals surface area contributed by atoms with Gasteiger partial charge in [0.2, 0.25) is 0 Å². The molecule has 1 amide bonds. The summed E-state index contributed by atoms with van der Waals surface area (Å²) in [6.07, 6.45) is 3.01. The zero-order valence-corrected chi connectivity index (χ0v) is 12.2. The van der Waals surface area contributed by atoms with E-state index in [0.29, 0.717) is 4.47 Å². The molecule has 0 aromatic heterocycles. The summed E-state index contributed by atoms with van der Waals surface area (Å²) in [6.45, 7) is 4.39. The van der Waals surface area contributed by atoms with Gasteiger partial charge < -0.3 is 5.32 Å². The van der Waals surface area contributed by atoms with Crippen molar-refractivity contribution < 1.29 is 9.18 Å². The van der Waals surface area contributed by atoms with Crippen LogP contribution in [0.1, 0.15) is 43.5 Å². The van der Waals surface area contributed by atoms with Crippen LogP contribution in [0.25, 0.3) is 0 Å². The smallest absolute Gasteiger partial charge is 0.255 e. The highest BCUT2D eigenvalue weighted by molar-refractivity contribution is 9.10. The fraction of sp³-hybridized carbons (Fsp3) is 0.500. The van der Waals surface area contributed by atoms with Crippen LogP contribution < -0.4 is 5.32 Å². The second-order valence-corrected chi connectivity index (χ2v) is 6.53. The Kier molecular flexibility index (Phi) is 3.76. The van der Waals surface area contributed by atoms with Crippen molar-refractivity contribution >= 4 is 21.8 Å². The number of nitrogens with one attached hydrogen (secondary N) is 1. The minimum absolute atomic E-state index is 0.0993. The molecule has 0 bridgehead atoms. The Balaban J connectivity index is 2.09. The normalized spacial score (nSPS) is 21.9. The van der Waals surface area contributed by atoms with E-state index in [2.05, 4.69) is 35.1 Å². The van der Waals surface area contributed by atoms with E-state index in [4.69, 9.17) is 0 Å². The Bertz CT molecular complexity index is 453. The van der Waals surface area contributed by atoms with Gasteiger partial charge in [-0.3, -0.25) is 4.79 Å². The molecule has 1 aromatic carbocycles. The zero-order chi connectivity index (χ0) is 13.3. The van der Waals surface area contributed by atoms with Gasteiger partial charge in [0.1, 0.15) is 5.82 Å². The van der Waals surface area contributed by atoms with Gasteiger partial charge in [0, 0.05) is 10.5 Å². The molecule has 1 saturated carbocycles. The molecule has 0 heterocycles. The number of benzene rings is 1. The lowest BCUT2D eigenvalue weighted by molar-refractivity contribution is 0.0931. The van der Waals surface area contributed by atoms with Crippen LogP contribution in [0.5, 0.6) is 0 Å². The van der Waals surface area contributed by atoms with Crippen molar-refractivity contribution in [1.29, 1.82) is 0 Å². The van der Waals surface area contributed by atoms with Crippen LogP contribution in [0, 0.1) is 11.2 Å². The molecular weight excluding hydrogens is 297 g/mol. The van der Waals surface area contributed by atoms with Gasteiger partial charge in [-0.1, -0.05) is 19.9 Å². The lowest BCUT2D eigenvalue weighted by Crippen LogP contribution is -2.34. The Hall–Kier alpha value is -0.900. The van der Waals surface area contributed by atoms with Crippen molar-refractivity contribution in [3.63, 3.8) is 0 Å². The summed E-state index contributed by atoms with van der Waals surface area (Å²) in [5, 5.41) is 2.92. The summed E-state index contributed by atoms with van der Waals surface area (Å²) in [5.41, 5.74) is 0.368. The third kappa shape index (κ3) is 2.91. The topological polar surface area (TPSA) is 29.1 Å². The summed E-state index contributed by atoms with van der Waals surface area (Å²) in [4.78, 5) is 12.1. The van der Waals surface area contributed by atoms with Gasteiger partial charge in [-0.2, -0.15) is 0 Å². The largest absolute Gasteiger partial charge is 0.349 e. The average molecular weight is 314 g/mol. The molecule has 1 aromatic rings. The van der Waals surface area contributed by atoms with Crippen LogP contribution in [-0.2, 0) is 0 Å². The molecule has 18 heavy (non-hydrogen) atoms. The first-order chi connectivity index (χ1) is 8.39. The summed E-state index contributed by atoms with van der Waals surface area (Å²) < 4.78 is 14.1. The highest BCUT2D eigenvalue weighted by Crippen LogP contribution is 2.37. The number of carbonyl (C=O) groups excluding carboxylic acids is 1. The number of hydrogen-bond acceptors (Lipinski definition) is 1. The van der Waals surface area contributed by atoms with Gasteiger partial charge >= 0.3 is 0 Å². The van der Waals surface area contributed by atoms with Crippen molar-refractivity contribution in [1.82, 2.24) is 5.32 Å². The maximum Gasteiger partial charge on any atom is 0.255 e. The first-order valence-electron chi connectivity index (χ1n) is 6.14. The molecule has 0 spiro atoms. The van der Waals surface area contributed by atoms with E-state index in [-0.39, 0.29) is 22.9 Å². The van der Waals surface area contributed by atoms with E-state index in [1.165, 1.54) is 6.07 Å². The molecule has 1 aliphatic rings. The van der Waals surface area contributed by atoms with Crippen LogP contribution in [0.15, 0.2) is 22.7 Å². The fourth-order valence-corrected chi connectivity index (χ4v) is 3.05. The molecular formula is C14H17BrFNO. The molecule has 1 atom stereocenters. The standard InChI is InChI=1S/C14H17BrFNO/c1-14(2)7-6-9(8-14)17-13(18)12-10(15)4-3-5-11(12)16/h3-5,9H,6-8H2,1-2H3,(H,17,18). The predicted molar refractivity (Wildman–Crippen MR) is 73.0 cm³/mol. The third-order valence-electron chi connectivity index (χ3n) is 3.49. The second kappa shape index (κ2) is 5.00. The van der Waals surface area contributed by atoms with E-state index in [1.54, 1.807) is 12.1 Å². The molecule has 2 nitrogen and oxygen atoms in total. The predicted octanol–water partition coefficient (Wildman–Crippen LogP) is 3.90. The lowest BCUT2D eigenvalue weighted by atomic mass is 9.92. The van der Waals surface area contributed by atoms with Crippen molar-refractivity contribution in [2.75, 3.05) is 0 Å². The van der Waals surface area contributed by atoms with Crippen LogP contribution in [0.3, 0.4) is 0 Å². The van der Waals surface area contributed by atoms with Gasteiger partial charge in [-0.25, -0.2) is 4.39 Å². The Morgan fingerprint density at radius 1 is 1.50 bits per heavy atom. The van der Waals surface area contributed by atoms with Crippen LogP contribution in [-0.4, -0.2) is 11.9 Å². The molecule has 4 heteroatoms. The number of hydrogen-bond donors (Lipinski definition) is 1. The van der Waals surface area contributed by atoms with Crippen molar-refractivity contribution in [3.8, 4) is 0 Å². The second-order valence-electron chi connectivity index (χ2n) is 5.67. The fourth-order valence-electron chi connectivity index (χ4n) is 2.53. The number of carbonyl (C=O) groups is 1. The average Bonchev–Trinajstić information content (AvgIpc) is 2.57. The number of amides is 1. The van der Waals surface area contributed by atoms with E-state index < -0.39 is 5.82 Å².